The fourth-order valence-corrected chi connectivity index (χ4v) is 4.47. The second-order valence-corrected chi connectivity index (χ2v) is 8.91. The van der Waals surface area contributed by atoms with Gasteiger partial charge in [0.1, 0.15) is 10.6 Å². The minimum absolute atomic E-state index is 0.124. The predicted octanol–water partition coefficient (Wildman–Crippen LogP) is 3.63. The maximum Gasteiger partial charge on any atom is 0.190 e. The van der Waals surface area contributed by atoms with E-state index in [-0.39, 0.29) is 5.60 Å². The molecule has 0 atom stereocenters. The van der Waals surface area contributed by atoms with Crippen LogP contribution in [0.1, 0.15) is 30.7 Å². The van der Waals surface area contributed by atoms with Gasteiger partial charge in [-0.2, -0.15) is 0 Å². The van der Waals surface area contributed by atoms with Crippen LogP contribution in [0.25, 0.3) is 10.2 Å². The van der Waals surface area contributed by atoms with Crippen molar-refractivity contribution in [3.63, 3.8) is 0 Å². The summed E-state index contributed by atoms with van der Waals surface area (Å²) in [7, 11) is 4.21. The Morgan fingerprint density at radius 1 is 1.33 bits per heavy atom. The lowest BCUT2D eigenvalue weighted by Crippen LogP contribution is -2.31. The number of fused-ring (bicyclic) bond motifs is 3. The Balaban J connectivity index is 1.95. The van der Waals surface area contributed by atoms with Crippen LogP contribution in [-0.4, -0.2) is 53.9 Å². The monoisotopic (exact) mass is 366 g/mol. The zero-order chi connectivity index (χ0) is 17.3. The summed E-state index contributed by atoms with van der Waals surface area (Å²) in [5, 5.41) is 5.59. The van der Waals surface area contributed by atoms with Gasteiger partial charge in [0.25, 0.3) is 0 Å². The number of rotatable bonds is 6. The maximum atomic E-state index is 5.97. The van der Waals surface area contributed by atoms with Crippen molar-refractivity contribution in [2.24, 2.45) is 0 Å². The molecular weight excluding hydrogens is 340 g/mol. The average Bonchev–Trinajstić information content (AvgIpc) is 2.87. The molecule has 7 heteroatoms. The maximum absolute atomic E-state index is 5.97. The summed E-state index contributed by atoms with van der Waals surface area (Å²) in [4.78, 5) is 14.1. The van der Waals surface area contributed by atoms with Crippen molar-refractivity contribution in [3.8, 4) is 0 Å². The van der Waals surface area contributed by atoms with Gasteiger partial charge in [-0.05, 0) is 52.7 Å². The van der Waals surface area contributed by atoms with Crippen molar-refractivity contribution in [1.82, 2.24) is 14.9 Å². The normalized spacial score (nSPS) is 16.6. The first-order chi connectivity index (χ1) is 11.4. The van der Waals surface area contributed by atoms with Crippen LogP contribution in [0.4, 0.5) is 5.82 Å². The van der Waals surface area contributed by atoms with Gasteiger partial charge in [-0.1, -0.05) is 11.8 Å². The van der Waals surface area contributed by atoms with E-state index in [0.717, 1.165) is 41.7 Å². The molecule has 0 saturated carbocycles. The Morgan fingerprint density at radius 2 is 2.12 bits per heavy atom. The first-order valence-electron chi connectivity index (χ1n) is 8.28. The van der Waals surface area contributed by atoms with Crippen molar-refractivity contribution >= 4 is 39.1 Å². The fourth-order valence-electron chi connectivity index (χ4n) is 2.95. The van der Waals surface area contributed by atoms with Crippen LogP contribution in [0.15, 0.2) is 5.16 Å². The molecule has 3 rings (SSSR count). The molecule has 2 aromatic heterocycles. The third-order valence-corrected chi connectivity index (χ3v) is 5.81. The average molecular weight is 367 g/mol. The molecule has 0 aromatic carbocycles. The van der Waals surface area contributed by atoms with E-state index in [4.69, 9.17) is 14.7 Å². The Labute approximate surface area is 152 Å². The lowest BCUT2D eigenvalue weighted by molar-refractivity contribution is -0.0379. The summed E-state index contributed by atoms with van der Waals surface area (Å²) in [5.74, 6) is 0.985. The number of hydrogen-bond donors (Lipinski definition) is 1. The molecular formula is C17H26N4OS2. The summed E-state index contributed by atoms with van der Waals surface area (Å²) in [5.41, 5.74) is 1.25. The minimum atomic E-state index is -0.124. The molecule has 5 nitrogen and oxygen atoms in total. The summed E-state index contributed by atoms with van der Waals surface area (Å²) in [6, 6.07) is 0. The SMILES string of the molecule is CSc1nc(NCCCN(C)C)c2c3c(sc2n1)COC(C)(C)C3. The highest BCUT2D eigenvalue weighted by molar-refractivity contribution is 7.98. The van der Waals surface area contributed by atoms with Gasteiger partial charge in [-0.15, -0.1) is 11.3 Å². The molecule has 0 radical (unpaired) electrons. The number of thiophene rings is 1. The van der Waals surface area contributed by atoms with Gasteiger partial charge in [0, 0.05) is 17.8 Å². The molecule has 1 N–H and O–H groups in total. The molecule has 2 aromatic rings. The van der Waals surface area contributed by atoms with E-state index in [1.54, 1.807) is 23.1 Å². The van der Waals surface area contributed by atoms with Crippen LogP contribution in [0.5, 0.6) is 0 Å². The lowest BCUT2D eigenvalue weighted by atomic mass is 9.94. The number of aromatic nitrogens is 2. The van der Waals surface area contributed by atoms with Crippen LogP contribution in [0, 0.1) is 0 Å². The molecule has 0 spiro atoms. The van der Waals surface area contributed by atoms with Crippen LogP contribution >= 0.6 is 23.1 Å². The van der Waals surface area contributed by atoms with Gasteiger partial charge in [0.15, 0.2) is 5.16 Å². The number of thioether (sulfide) groups is 1. The second-order valence-electron chi connectivity index (χ2n) is 7.05. The van der Waals surface area contributed by atoms with Gasteiger partial charge < -0.3 is 15.0 Å². The van der Waals surface area contributed by atoms with Gasteiger partial charge in [-0.25, -0.2) is 9.97 Å². The zero-order valence-corrected chi connectivity index (χ0v) is 16.7. The van der Waals surface area contributed by atoms with Gasteiger partial charge in [-0.3, -0.25) is 0 Å². The Morgan fingerprint density at radius 3 is 2.83 bits per heavy atom. The van der Waals surface area contributed by atoms with Crippen LogP contribution in [-0.2, 0) is 17.8 Å². The molecule has 132 valence electrons. The van der Waals surface area contributed by atoms with Gasteiger partial charge in [0.2, 0.25) is 0 Å². The van der Waals surface area contributed by atoms with Crippen LogP contribution < -0.4 is 5.32 Å². The molecule has 0 unspecified atom stereocenters. The molecule has 1 aliphatic heterocycles. The number of nitrogens with one attached hydrogen (secondary N) is 1. The Hall–Kier alpha value is -0.890. The number of ether oxygens (including phenoxy) is 1. The van der Waals surface area contributed by atoms with Gasteiger partial charge in [0.05, 0.1) is 17.6 Å². The first kappa shape index (κ1) is 17.9. The molecule has 1 aliphatic rings. The standard InChI is InChI=1S/C17H26N4OS2/c1-17(2)9-11-12(10-22-17)24-15-13(11)14(19-16(20-15)23-5)18-7-6-8-21(3)4/h6-10H2,1-5H3,(H,18,19,20). The molecule has 0 fully saturated rings. The van der Waals surface area contributed by atoms with Crippen molar-refractivity contribution in [1.29, 1.82) is 0 Å². The summed E-state index contributed by atoms with van der Waals surface area (Å²) >= 11 is 3.34. The molecule has 0 saturated heterocycles. The molecule has 0 aliphatic carbocycles. The highest BCUT2D eigenvalue weighted by Crippen LogP contribution is 2.41. The predicted molar refractivity (Wildman–Crippen MR) is 103 cm³/mol. The van der Waals surface area contributed by atoms with Crippen molar-refractivity contribution in [2.75, 3.05) is 38.8 Å². The minimum Gasteiger partial charge on any atom is -0.370 e. The van der Waals surface area contributed by atoms with Crippen molar-refractivity contribution in [2.45, 2.75) is 44.1 Å². The van der Waals surface area contributed by atoms with Crippen LogP contribution in [0.2, 0.25) is 0 Å². The lowest BCUT2D eigenvalue weighted by Gasteiger charge is -2.30. The van der Waals surface area contributed by atoms with Crippen LogP contribution in [0.3, 0.4) is 0 Å². The summed E-state index contributed by atoms with van der Waals surface area (Å²) < 4.78 is 5.97. The van der Waals surface area contributed by atoms with E-state index in [9.17, 15) is 0 Å². The quantitative estimate of drug-likeness (QED) is 0.479. The number of hydrogen-bond acceptors (Lipinski definition) is 7. The Bertz CT molecular complexity index is 727. The third-order valence-electron chi connectivity index (χ3n) is 4.17. The number of anilines is 1. The molecule has 3 heterocycles. The van der Waals surface area contributed by atoms with E-state index < -0.39 is 0 Å². The highest BCUT2D eigenvalue weighted by Gasteiger charge is 2.30. The third kappa shape index (κ3) is 3.85. The van der Waals surface area contributed by atoms with E-state index in [1.165, 1.54) is 15.8 Å². The molecule has 0 amide bonds. The van der Waals surface area contributed by atoms with E-state index in [1.807, 2.05) is 6.26 Å². The van der Waals surface area contributed by atoms with E-state index >= 15 is 0 Å². The first-order valence-corrected chi connectivity index (χ1v) is 10.3. The summed E-state index contributed by atoms with van der Waals surface area (Å²) in [6.07, 6.45) is 4.03. The largest absolute Gasteiger partial charge is 0.370 e. The van der Waals surface area contributed by atoms with E-state index in [2.05, 4.69) is 38.2 Å². The zero-order valence-electron chi connectivity index (χ0n) is 15.1. The smallest absolute Gasteiger partial charge is 0.190 e. The van der Waals surface area contributed by atoms with E-state index in [0.29, 0.717) is 6.61 Å². The topological polar surface area (TPSA) is 50.3 Å². The van der Waals surface area contributed by atoms with Crippen molar-refractivity contribution < 1.29 is 4.74 Å². The second kappa shape index (κ2) is 7.15. The summed E-state index contributed by atoms with van der Waals surface area (Å²) in [6.45, 7) is 6.97. The van der Waals surface area contributed by atoms with Gasteiger partial charge >= 0.3 is 0 Å². The number of nitrogens with zero attached hydrogens (tertiary/aromatic N) is 3. The highest BCUT2D eigenvalue weighted by atomic mass is 32.2. The van der Waals surface area contributed by atoms with Crippen molar-refractivity contribution in [3.05, 3.63) is 10.4 Å². The fraction of sp³-hybridized carbons (Fsp3) is 0.647. The Kier molecular flexibility index (Phi) is 5.34. The molecule has 24 heavy (non-hydrogen) atoms. The molecule has 0 bridgehead atoms.